The highest BCUT2D eigenvalue weighted by Crippen LogP contribution is 2.33. The number of nitrogens with one attached hydrogen (secondary N) is 1. The Morgan fingerprint density at radius 2 is 1.94 bits per heavy atom. The second-order valence-electron chi connectivity index (χ2n) is 4.44. The van der Waals surface area contributed by atoms with E-state index < -0.39 is 34.5 Å². The molecule has 1 fully saturated rings. The minimum atomic E-state index is -1.62. The summed E-state index contributed by atoms with van der Waals surface area (Å²) < 4.78 is 39.2. The average Bonchev–Trinajstić information content (AvgIpc) is 2.31. The summed E-state index contributed by atoms with van der Waals surface area (Å²) in [5.74, 6) is -5.09. The van der Waals surface area contributed by atoms with Crippen LogP contribution in [0.2, 0.25) is 0 Å². The van der Waals surface area contributed by atoms with Crippen molar-refractivity contribution in [2.24, 2.45) is 0 Å². The molecule has 1 aliphatic rings. The summed E-state index contributed by atoms with van der Waals surface area (Å²) in [7, 11) is 0. The van der Waals surface area contributed by atoms with Gasteiger partial charge < -0.3 is 5.32 Å². The number of hydrogen-bond donors (Lipinski definition) is 1. The molecule has 18 heavy (non-hydrogen) atoms. The van der Waals surface area contributed by atoms with E-state index in [2.05, 4.69) is 21.2 Å². The summed E-state index contributed by atoms with van der Waals surface area (Å²) in [5.41, 5.74) is -0.866. The summed E-state index contributed by atoms with van der Waals surface area (Å²) in [4.78, 5) is 11.8. The van der Waals surface area contributed by atoms with Crippen molar-refractivity contribution in [3.05, 3.63) is 35.1 Å². The monoisotopic (exact) mass is 321 g/mol. The molecule has 1 aromatic carbocycles. The molecule has 1 saturated carbocycles. The van der Waals surface area contributed by atoms with Crippen LogP contribution in [0, 0.1) is 17.5 Å². The number of halogens is 4. The van der Waals surface area contributed by atoms with E-state index in [-0.39, 0.29) is 0 Å². The molecule has 1 amide bonds. The first-order chi connectivity index (χ1) is 8.49. The van der Waals surface area contributed by atoms with Crippen molar-refractivity contribution in [2.75, 3.05) is 5.33 Å². The highest BCUT2D eigenvalue weighted by atomic mass is 79.9. The fourth-order valence-electron chi connectivity index (χ4n) is 1.91. The largest absolute Gasteiger partial charge is 0.346 e. The Hall–Kier alpha value is -1.04. The standard InChI is InChI=1S/C12H11BrF3NO/c13-6-12(4-1-5-12)17-11(18)7-2-3-8(14)10(16)9(7)15/h2-3H,1,4-6H2,(H,17,18). The third-order valence-corrected chi connectivity index (χ3v) is 4.30. The van der Waals surface area contributed by atoms with Crippen LogP contribution in [0.15, 0.2) is 12.1 Å². The average molecular weight is 322 g/mol. The Morgan fingerprint density at radius 1 is 1.28 bits per heavy atom. The first-order valence-electron chi connectivity index (χ1n) is 5.51. The third-order valence-electron chi connectivity index (χ3n) is 3.22. The second-order valence-corrected chi connectivity index (χ2v) is 5.01. The van der Waals surface area contributed by atoms with Gasteiger partial charge in [0.15, 0.2) is 17.5 Å². The van der Waals surface area contributed by atoms with Crippen molar-refractivity contribution in [1.82, 2.24) is 5.32 Å². The minimum Gasteiger partial charge on any atom is -0.346 e. The van der Waals surface area contributed by atoms with Crippen LogP contribution in [-0.4, -0.2) is 16.8 Å². The maximum atomic E-state index is 13.4. The zero-order valence-corrected chi connectivity index (χ0v) is 11.0. The Labute approximate surface area is 111 Å². The van der Waals surface area contributed by atoms with Crippen LogP contribution in [0.1, 0.15) is 29.6 Å². The SMILES string of the molecule is O=C(NC1(CBr)CCC1)c1ccc(F)c(F)c1F. The topological polar surface area (TPSA) is 29.1 Å². The number of carbonyl (C=O) groups is 1. The van der Waals surface area contributed by atoms with Gasteiger partial charge in [-0.15, -0.1) is 0 Å². The number of hydrogen-bond acceptors (Lipinski definition) is 1. The van der Waals surface area contributed by atoms with E-state index in [1.54, 1.807) is 0 Å². The van der Waals surface area contributed by atoms with Crippen LogP contribution in [0.25, 0.3) is 0 Å². The van der Waals surface area contributed by atoms with Gasteiger partial charge in [0.05, 0.1) is 11.1 Å². The molecule has 1 aliphatic carbocycles. The van der Waals surface area contributed by atoms with Gasteiger partial charge in [0, 0.05) is 5.33 Å². The van der Waals surface area contributed by atoms with E-state index in [1.807, 2.05) is 0 Å². The Kier molecular flexibility index (Phi) is 3.66. The molecule has 0 unspecified atom stereocenters. The van der Waals surface area contributed by atoms with Crippen molar-refractivity contribution in [1.29, 1.82) is 0 Å². The van der Waals surface area contributed by atoms with Gasteiger partial charge in [0.2, 0.25) is 0 Å². The van der Waals surface area contributed by atoms with E-state index in [1.165, 1.54) is 0 Å². The number of rotatable bonds is 3. The highest BCUT2D eigenvalue weighted by molar-refractivity contribution is 9.09. The lowest BCUT2D eigenvalue weighted by Gasteiger charge is -2.41. The first kappa shape index (κ1) is 13.4. The van der Waals surface area contributed by atoms with Gasteiger partial charge in [0.25, 0.3) is 5.91 Å². The van der Waals surface area contributed by atoms with Crippen LogP contribution in [0.5, 0.6) is 0 Å². The third kappa shape index (κ3) is 2.25. The summed E-state index contributed by atoms with van der Waals surface area (Å²) in [5, 5.41) is 3.22. The lowest BCUT2D eigenvalue weighted by atomic mass is 9.78. The molecule has 0 bridgehead atoms. The van der Waals surface area contributed by atoms with E-state index in [9.17, 15) is 18.0 Å². The van der Waals surface area contributed by atoms with Crippen molar-refractivity contribution in [2.45, 2.75) is 24.8 Å². The van der Waals surface area contributed by atoms with Gasteiger partial charge in [-0.1, -0.05) is 15.9 Å². The van der Waals surface area contributed by atoms with Crippen LogP contribution in [-0.2, 0) is 0 Å². The summed E-state index contributed by atoms with van der Waals surface area (Å²) >= 11 is 3.29. The fourth-order valence-corrected chi connectivity index (χ4v) is 2.61. The van der Waals surface area contributed by atoms with Crippen molar-refractivity contribution >= 4 is 21.8 Å². The zero-order chi connectivity index (χ0) is 13.3. The number of carbonyl (C=O) groups excluding carboxylic acids is 1. The fraction of sp³-hybridized carbons (Fsp3) is 0.417. The van der Waals surface area contributed by atoms with Crippen LogP contribution in [0.4, 0.5) is 13.2 Å². The molecule has 1 aromatic rings. The van der Waals surface area contributed by atoms with Gasteiger partial charge >= 0.3 is 0 Å². The van der Waals surface area contributed by atoms with Gasteiger partial charge in [-0.25, -0.2) is 13.2 Å². The molecular formula is C12H11BrF3NO. The smallest absolute Gasteiger partial charge is 0.254 e. The van der Waals surface area contributed by atoms with Crippen LogP contribution >= 0.6 is 15.9 Å². The van der Waals surface area contributed by atoms with Gasteiger partial charge in [-0.3, -0.25) is 4.79 Å². The summed E-state index contributed by atoms with van der Waals surface area (Å²) in [6.07, 6.45) is 2.55. The van der Waals surface area contributed by atoms with Crippen molar-refractivity contribution < 1.29 is 18.0 Å². The summed E-state index contributed by atoms with van der Waals surface area (Å²) in [6.45, 7) is 0. The highest BCUT2D eigenvalue weighted by Gasteiger charge is 2.38. The minimum absolute atomic E-state index is 0.394. The predicted molar refractivity (Wildman–Crippen MR) is 64.2 cm³/mol. The maximum absolute atomic E-state index is 13.4. The van der Waals surface area contributed by atoms with Crippen LogP contribution in [0.3, 0.4) is 0 Å². The molecule has 0 aromatic heterocycles. The molecule has 2 rings (SSSR count). The van der Waals surface area contributed by atoms with Crippen LogP contribution < -0.4 is 5.32 Å². The van der Waals surface area contributed by atoms with Crippen molar-refractivity contribution in [3.63, 3.8) is 0 Å². The zero-order valence-electron chi connectivity index (χ0n) is 9.40. The Balaban J connectivity index is 2.22. The van der Waals surface area contributed by atoms with E-state index in [0.717, 1.165) is 31.4 Å². The molecule has 1 N–H and O–H groups in total. The molecule has 0 aliphatic heterocycles. The molecule has 0 saturated heterocycles. The maximum Gasteiger partial charge on any atom is 0.254 e. The van der Waals surface area contributed by atoms with E-state index in [4.69, 9.17) is 0 Å². The second kappa shape index (κ2) is 4.91. The molecule has 0 atom stereocenters. The predicted octanol–water partition coefficient (Wildman–Crippen LogP) is 3.15. The summed E-state index contributed by atoms with van der Waals surface area (Å²) in [6, 6.07) is 1.69. The molecule has 2 nitrogen and oxygen atoms in total. The molecule has 0 spiro atoms. The quantitative estimate of drug-likeness (QED) is 0.672. The Morgan fingerprint density at radius 3 is 2.44 bits per heavy atom. The first-order valence-corrected chi connectivity index (χ1v) is 6.63. The lowest BCUT2D eigenvalue weighted by Crippen LogP contribution is -2.55. The molecule has 0 radical (unpaired) electrons. The van der Waals surface area contributed by atoms with Crippen molar-refractivity contribution in [3.8, 4) is 0 Å². The molecule has 0 heterocycles. The Bertz CT molecular complexity index is 483. The number of amides is 1. The van der Waals surface area contributed by atoms with Gasteiger partial charge in [-0.05, 0) is 31.4 Å². The van der Waals surface area contributed by atoms with E-state index >= 15 is 0 Å². The molecule has 6 heteroatoms. The van der Waals surface area contributed by atoms with Gasteiger partial charge in [0.1, 0.15) is 0 Å². The van der Waals surface area contributed by atoms with E-state index in [0.29, 0.717) is 5.33 Å². The molecule has 98 valence electrons. The molecular weight excluding hydrogens is 311 g/mol. The van der Waals surface area contributed by atoms with Gasteiger partial charge in [-0.2, -0.15) is 0 Å². The number of alkyl halides is 1. The normalized spacial score (nSPS) is 17.1. The lowest BCUT2D eigenvalue weighted by molar-refractivity contribution is 0.0851. The number of benzene rings is 1.